The number of carbonyl (C=O) groups excluding carboxylic acids is 4. The van der Waals surface area contributed by atoms with E-state index in [2.05, 4.69) is 0 Å². The highest BCUT2D eigenvalue weighted by molar-refractivity contribution is 6.16. The lowest BCUT2D eigenvalue weighted by atomic mass is 10.1. The maximum atomic E-state index is 12.7. The number of nitrogens with zero attached hydrogens (tertiary/aromatic N) is 2. The summed E-state index contributed by atoms with van der Waals surface area (Å²) >= 11 is 0. The zero-order chi connectivity index (χ0) is 22.1. The molecule has 2 aliphatic heterocycles. The van der Waals surface area contributed by atoms with E-state index in [1.807, 2.05) is 31.2 Å². The predicted octanol–water partition coefficient (Wildman–Crippen LogP) is 3.31. The Morgan fingerprint density at radius 2 is 1.71 bits per heavy atom. The number of benzene rings is 2. The summed E-state index contributed by atoms with van der Waals surface area (Å²) in [6, 6.07) is 12.4. The number of carbonyl (C=O) groups is 4. The van der Waals surface area contributed by atoms with Crippen LogP contribution in [0.3, 0.4) is 0 Å². The summed E-state index contributed by atoms with van der Waals surface area (Å²) in [7, 11) is 0. The van der Waals surface area contributed by atoms with Crippen molar-refractivity contribution in [3.8, 4) is 5.75 Å². The molecular weight excluding hydrogens is 396 g/mol. The van der Waals surface area contributed by atoms with Gasteiger partial charge in [-0.15, -0.1) is 0 Å². The molecule has 3 amide bonds. The van der Waals surface area contributed by atoms with E-state index in [0.717, 1.165) is 11.3 Å². The van der Waals surface area contributed by atoms with Crippen LogP contribution in [0.1, 0.15) is 36.8 Å². The summed E-state index contributed by atoms with van der Waals surface area (Å²) in [4.78, 5) is 52.3. The molecule has 0 bridgehead atoms. The normalized spacial score (nSPS) is 19.2. The third-order valence-corrected chi connectivity index (χ3v) is 5.68. The van der Waals surface area contributed by atoms with Crippen molar-refractivity contribution in [1.29, 1.82) is 0 Å². The number of amides is 3. The first kappa shape index (κ1) is 20.8. The van der Waals surface area contributed by atoms with E-state index in [4.69, 9.17) is 4.74 Å². The monoisotopic (exact) mass is 420 g/mol. The molecule has 2 heterocycles. The van der Waals surface area contributed by atoms with Gasteiger partial charge in [-0.1, -0.05) is 12.1 Å². The number of hydrogen-bond donors (Lipinski definition) is 0. The Morgan fingerprint density at radius 3 is 2.39 bits per heavy atom. The van der Waals surface area contributed by atoms with Crippen LogP contribution in [0.5, 0.6) is 5.75 Å². The van der Waals surface area contributed by atoms with Gasteiger partial charge in [0.25, 0.3) is 0 Å². The maximum Gasteiger partial charge on any atom is 0.316 e. The molecule has 2 saturated heterocycles. The molecule has 2 fully saturated rings. The van der Waals surface area contributed by atoms with Gasteiger partial charge in [0, 0.05) is 31.5 Å². The van der Waals surface area contributed by atoms with Crippen molar-refractivity contribution in [3.05, 3.63) is 53.6 Å². The van der Waals surface area contributed by atoms with E-state index < -0.39 is 11.9 Å². The maximum absolute atomic E-state index is 12.7. The molecule has 2 aromatic rings. The van der Waals surface area contributed by atoms with Crippen molar-refractivity contribution in [3.63, 3.8) is 0 Å². The zero-order valence-electron chi connectivity index (χ0n) is 17.6. The molecule has 0 spiro atoms. The van der Waals surface area contributed by atoms with Gasteiger partial charge in [0.15, 0.2) is 0 Å². The topological polar surface area (TPSA) is 84.0 Å². The minimum atomic E-state index is -0.557. The molecule has 1 atom stereocenters. The van der Waals surface area contributed by atoms with Gasteiger partial charge in [0.1, 0.15) is 5.75 Å². The van der Waals surface area contributed by atoms with Crippen LogP contribution in [-0.4, -0.2) is 30.2 Å². The fourth-order valence-electron chi connectivity index (χ4n) is 4.07. The number of hydrogen-bond acceptors (Lipinski definition) is 5. The SMILES string of the molecule is Cc1cccc(N2C[C@H](C(=O)Oc3ccc(N4C(=O)CCCC4=O)c(C)c3)CC2=O)c1. The van der Waals surface area contributed by atoms with Crippen LogP contribution in [0.2, 0.25) is 0 Å². The predicted molar refractivity (Wildman–Crippen MR) is 115 cm³/mol. The van der Waals surface area contributed by atoms with Crippen molar-refractivity contribution in [2.45, 2.75) is 39.5 Å². The molecule has 0 N–H and O–H groups in total. The smallest absolute Gasteiger partial charge is 0.316 e. The summed E-state index contributed by atoms with van der Waals surface area (Å²) in [6.07, 6.45) is 1.35. The number of esters is 1. The number of anilines is 2. The molecule has 2 aliphatic rings. The third-order valence-electron chi connectivity index (χ3n) is 5.68. The third kappa shape index (κ3) is 4.21. The van der Waals surface area contributed by atoms with Crippen LogP contribution in [0.25, 0.3) is 0 Å². The van der Waals surface area contributed by atoms with Crippen LogP contribution < -0.4 is 14.5 Å². The number of ether oxygens (including phenoxy) is 1. The molecule has 2 aromatic carbocycles. The zero-order valence-corrected chi connectivity index (χ0v) is 17.6. The largest absolute Gasteiger partial charge is 0.426 e. The highest BCUT2D eigenvalue weighted by Gasteiger charge is 2.36. The average Bonchev–Trinajstić information content (AvgIpc) is 3.11. The fourth-order valence-corrected chi connectivity index (χ4v) is 4.07. The van der Waals surface area contributed by atoms with Crippen molar-refractivity contribution >= 4 is 35.1 Å². The van der Waals surface area contributed by atoms with Gasteiger partial charge in [-0.05, 0) is 61.7 Å². The van der Waals surface area contributed by atoms with Crippen LogP contribution in [0, 0.1) is 19.8 Å². The van der Waals surface area contributed by atoms with E-state index >= 15 is 0 Å². The van der Waals surface area contributed by atoms with E-state index in [1.165, 1.54) is 4.90 Å². The lowest BCUT2D eigenvalue weighted by molar-refractivity contribution is -0.139. The molecule has 0 unspecified atom stereocenters. The molecule has 31 heavy (non-hydrogen) atoms. The molecular formula is C24H24N2O5. The van der Waals surface area contributed by atoms with Crippen molar-refractivity contribution in [2.75, 3.05) is 16.3 Å². The van der Waals surface area contributed by atoms with Gasteiger partial charge >= 0.3 is 5.97 Å². The fraction of sp³-hybridized carbons (Fsp3) is 0.333. The van der Waals surface area contributed by atoms with Gasteiger partial charge in [-0.3, -0.25) is 24.1 Å². The molecule has 0 aliphatic carbocycles. The summed E-state index contributed by atoms with van der Waals surface area (Å²) < 4.78 is 5.53. The average molecular weight is 420 g/mol. The van der Waals surface area contributed by atoms with Gasteiger partial charge in [0.05, 0.1) is 11.6 Å². The highest BCUT2D eigenvalue weighted by Crippen LogP contribution is 2.30. The minimum Gasteiger partial charge on any atom is -0.426 e. The Labute approximate surface area is 180 Å². The van der Waals surface area contributed by atoms with Gasteiger partial charge in [-0.2, -0.15) is 0 Å². The molecule has 4 rings (SSSR count). The Morgan fingerprint density at radius 1 is 0.968 bits per heavy atom. The number of rotatable bonds is 4. The van der Waals surface area contributed by atoms with E-state index in [-0.39, 0.29) is 30.7 Å². The lowest BCUT2D eigenvalue weighted by Crippen LogP contribution is -2.40. The van der Waals surface area contributed by atoms with Gasteiger partial charge < -0.3 is 9.64 Å². The van der Waals surface area contributed by atoms with E-state index in [0.29, 0.717) is 36.3 Å². The number of imide groups is 1. The molecule has 0 saturated carbocycles. The van der Waals surface area contributed by atoms with Crippen LogP contribution in [0.4, 0.5) is 11.4 Å². The standard InChI is InChI=1S/C24H24N2O5/c1-15-5-3-6-18(11-15)25-14-17(13-23(25)29)24(30)31-19-9-10-20(16(2)12-19)26-21(27)7-4-8-22(26)28/h3,5-6,9-12,17H,4,7-8,13-14H2,1-2H3/t17-/m1/s1. The Balaban J connectivity index is 1.45. The quantitative estimate of drug-likeness (QED) is 0.431. The van der Waals surface area contributed by atoms with E-state index in [9.17, 15) is 19.2 Å². The first-order valence-electron chi connectivity index (χ1n) is 10.4. The first-order valence-corrected chi connectivity index (χ1v) is 10.4. The van der Waals surface area contributed by atoms with Crippen LogP contribution in [0.15, 0.2) is 42.5 Å². The second-order valence-electron chi connectivity index (χ2n) is 8.09. The summed E-state index contributed by atoms with van der Waals surface area (Å²) in [5.41, 5.74) is 2.99. The summed E-state index contributed by atoms with van der Waals surface area (Å²) in [6.45, 7) is 3.99. The Bertz CT molecular complexity index is 1060. The molecule has 7 nitrogen and oxygen atoms in total. The van der Waals surface area contributed by atoms with Gasteiger partial charge in [-0.25, -0.2) is 0 Å². The van der Waals surface area contributed by atoms with Gasteiger partial charge in [0.2, 0.25) is 17.7 Å². The van der Waals surface area contributed by atoms with Crippen molar-refractivity contribution in [1.82, 2.24) is 0 Å². The highest BCUT2D eigenvalue weighted by atomic mass is 16.5. The summed E-state index contributed by atoms with van der Waals surface area (Å²) in [5.74, 6) is -1.25. The Hall–Kier alpha value is -3.48. The molecule has 0 aromatic heterocycles. The van der Waals surface area contributed by atoms with Crippen LogP contribution in [-0.2, 0) is 19.2 Å². The molecule has 0 radical (unpaired) electrons. The second-order valence-corrected chi connectivity index (χ2v) is 8.09. The van der Waals surface area contributed by atoms with Crippen molar-refractivity contribution in [2.24, 2.45) is 5.92 Å². The van der Waals surface area contributed by atoms with Crippen LogP contribution >= 0.6 is 0 Å². The van der Waals surface area contributed by atoms with E-state index in [1.54, 1.807) is 30.0 Å². The lowest BCUT2D eigenvalue weighted by Gasteiger charge is -2.26. The number of aryl methyl sites for hydroxylation is 2. The first-order chi connectivity index (χ1) is 14.8. The summed E-state index contributed by atoms with van der Waals surface area (Å²) in [5, 5.41) is 0. The Kier molecular flexibility index (Phi) is 5.59. The minimum absolute atomic E-state index is 0.0978. The second kappa shape index (κ2) is 8.34. The molecule has 160 valence electrons. The number of piperidine rings is 1. The van der Waals surface area contributed by atoms with Crippen molar-refractivity contribution < 1.29 is 23.9 Å². The molecule has 7 heteroatoms.